The molecule has 0 radical (unpaired) electrons. The Labute approximate surface area is 107 Å². The van der Waals surface area contributed by atoms with Gasteiger partial charge in [0, 0.05) is 11.8 Å². The van der Waals surface area contributed by atoms with Gasteiger partial charge >= 0.3 is 0 Å². The van der Waals surface area contributed by atoms with Gasteiger partial charge in [-0.2, -0.15) is 0 Å². The number of nitrogens with one attached hydrogen (secondary N) is 2. The SMILES string of the molecule is O=C(CSC1CCNCC1)NCC(O)C1CC1. The maximum atomic E-state index is 11.6. The first-order valence-electron chi connectivity index (χ1n) is 6.53. The Morgan fingerprint density at radius 1 is 1.35 bits per heavy atom. The lowest BCUT2D eigenvalue weighted by Crippen LogP contribution is -2.35. The molecule has 1 atom stereocenters. The van der Waals surface area contributed by atoms with Gasteiger partial charge in [-0.25, -0.2) is 0 Å². The van der Waals surface area contributed by atoms with Crippen molar-refractivity contribution in [1.82, 2.24) is 10.6 Å². The molecule has 1 aliphatic carbocycles. The lowest BCUT2D eigenvalue weighted by molar-refractivity contribution is -0.119. The molecule has 2 rings (SSSR count). The number of rotatable bonds is 6. The van der Waals surface area contributed by atoms with Crippen LogP contribution in [0.5, 0.6) is 0 Å². The van der Waals surface area contributed by atoms with E-state index in [4.69, 9.17) is 0 Å². The Morgan fingerprint density at radius 2 is 2.06 bits per heavy atom. The first-order chi connectivity index (χ1) is 8.25. The Morgan fingerprint density at radius 3 is 2.71 bits per heavy atom. The van der Waals surface area contributed by atoms with Crippen molar-refractivity contribution in [1.29, 1.82) is 0 Å². The number of aliphatic hydroxyl groups is 1. The molecule has 1 saturated carbocycles. The molecule has 1 saturated heterocycles. The van der Waals surface area contributed by atoms with Crippen molar-refractivity contribution < 1.29 is 9.90 Å². The number of aliphatic hydroxyl groups excluding tert-OH is 1. The second-order valence-electron chi connectivity index (χ2n) is 4.97. The molecule has 1 heterocycles. The van der Waals surface area contributed by atoms with Gasteiger partial charge in [0.1, 0.15) is 0 Å². The van der Waals surface area contributed by atoms with Gasteiger partial charge in [0.15, 0.2) is 0 Å². The highest BCUT2D eigenvalue weighted by Gasteiger charge is 2.29. The van der Waals surface area contributed by atoms with Crippen molar-refractivity contribution in [3.8, 4) is 0 Å². The van der Waals surface area contributed by atoms with Crippen LogP contribution >= 0.6 is 11.8 Å². The Kier molecular flexibility index (Phi) is 5.13. The summed E-state index contributed by atoms with van der Waals surface area (Å²) in [5.41, 5.74) is 0. The molecule has 4 nitrogen and oxygen atoms in total. The van der Waals surface area contributed by atoms with Crippen LogP contribution in [0.25, 0.3) is 0 Å². The van der Waals surface area contributed by atoms with Crippen molar-refractivity contribution in [3.05, 3.63) is 0 Å². The first-order valence-corrected chi connectivity index (χ1v) is 7.57. The van der Waals surface area contributed by atoms with Crippen molar-refractivity contribution in [2.45, 2.75) is 37.0 Å². The van der Waals surface area contributed by atoms with Crippen molar-refractivity contribution in [2.24, 2.45) is 5.92 Å². The minimum absolute atomic E-state index is 0.0632. The zero-order valence-electron chi connectivity index (χ0n) is 10.2. The molecular weight excluding hydrogens is 236 g/mol. The molecule has 98 valence electrons. The predicted molar refractivity (Wildman–Crippen MR) is 70.1 cm³/mol. The summed E-state index contributed by atoms with van der Waals surface area (Å²) >= 11 is 1.75. The normalized spacial score (nSPS) is 23.4. The fourth-order valence-corrected chi connectivity index (χ4v) is 3.13. The zero-order valence-corrected chi connectivity index (χ0v) is 11.0. The highest BCUT2D eigenvalue weighted by atomic mass is 32.2. The molecule has 0 aromatic carbocycles. The van der Waals surface area contributed by atoms with E-state index in [2.05, 4.69) is 10.6 Å². The number of carbonyl (C=O) groups excluding carboxylic acids is 1. The van der Waals surface area contributed by atoms with Gasteiger partial charge in [0.2, 0.25) is 5.91 Å². The summed E-state index contributed by atoms with van der Waals surface area (Å²) in [7, 11) is 0. The summed E-state index contributed by atoms with van der Waals surface area (Å²) in [5, 5.41) is 16.4. The van der Waals surface area contributed by atoms with Gasteiger partial charge in [0.05, 0.1) is 11.9 Å². The molecule has 1 aliphatic heterocycles. The van der Waals surface area contributed by atoms with Crippen molar-refractivity contribution in [2.75, 3.05) is 25.4 Å². The van der Waals surface area contributed by atoms with Crippen LogP contribution in [0.1, 0.15) is 25.7 Å². The summed E-state index contributed by atoms with van der Waals surface area (Å²) in [6, 6.07) is 0. The molecular formula is C12H22N2O2S. The highest BCUT2D eigenvalue weighted by molar-refractivity contribution is 8.00. The van der Waals surface area contributed by atoms with Crippen LogP contribution in [-0.4, -0.2) is 47.8 Å². The van der Waals surface area contributed by atoms with Gasteiger partial charge in [-0.15, -0.1) is 11.8 Å². The molecule has 5 heteroatoms. The minimum Gasteiger partial charge on any atom is -0.391 e. The smallest absolute Gasteiger partial charge is 0.230 e. The lowest BCUT2D eigenvalue weighted by Gasteiger charge is -2.21. The number of amides is 1. The van der Waals surface area contributed by atoms with Gasteiger partial charge < -0.3 is 15.7 Å². The average molecular weight is 258 g/mol. The fraction of sp³-hybridized carbons (Fsp3) is 0.917. The summed E-state index contributed by atoms with van der Waals surface area (Å²) < 4.78 is 0. The summed E-state index contributed by atoms with van der Waals surface area (Å²) in [6.07, 6.45) is 4.20. The predicted octanol–water partition coefficient (Wildman–Crippen LogP) is 0.359. The standard InChI is InChI=1S/C12H22N2O2S/c15-11(9-1-2-9)7-14-12(16)8-17-10-3-5-13-6-4-10/h9-11,13,15H,1-8H2,(H,14,16). The molecule has 17 heavy (non-hydrogen) atoms. The third-order valence-corrected chi connectivity index (χ3v) is 4.78. The Hall–Kier alpha value is -0.260. The number of piperidine rings is 1. The van der Waals surface area contributed by atoms with Gasteiger partial charge in [-0.3, -0.25) is 4.79 Å². The van der Waals surface area contributed by atoms with Crippen LogP contribution in [0.2, 0.25) is 0 Å². The zero-order chi connectivity index (χ0) is 12.1. The third-order valence-electron chi connectivity index (χ3n) is 3.41. The summed E-state index contributed by atoms with van der Waals surface area (Å²) in [5.74, 6) is 1.03. The molecule has 1 unspecified atom stereocenters. The quantitative estimate of drug-likeness (QED) is 0.644. The van der Waals surface area contributed by atoms with Crippen LogP contribution in [-0.2, 0) is 4.79 Å². The van der Waals surface area contributed by atoms with Crippen molar-refractivity contribution in [3.63, 3.8) is 0 Å². The summed E-state index contributed by atoms with van der Waals surface area (Å²) in [4.78, 5) is 11.6. The average Bonchev–Trinajstić information content (AvgIpc) is 3.19. The van der Waals surface area contributed by atoms with Crippen LogP contribution < -0.4 is 10.6 Å². The Balaban J connectivity index is 1.53. The van der Waals surface area contributed by atoms with Gasteiger partial charge in [0.25, 0.3) is 0 Å². The number of thioether (sulfide) groups is 1. The first kappa shape index (κ1) is 13.2. The van der Waals surface area contributed by atoms with E-state index >= 15 is 0 Å². The topological polar surface area (TPSA) is 61.4 Å². The largest absolute Gasteiger partial charge is 0.391 e. The second kappa shape index (κ2) is 6.61. The fourth-order valence-electron chi connectivity index (χ4n) is 2.07. The molecule has 3 N–H and O–H groups in total. The number of hydrogen-bond acceptors (Lipinski definition) is 4. The maximum Gasteiger partial charge on any atom is 0.230 e. The Bertz CT molecular complexity index is 253. The summed E-state index contributed by atoms with van der Waals surface area (Å²) in [6.45, 7) is 2.57. The second-order valence-corrected chi connectivity index (χ2v) is 6.26. The third kappa shape index (κ3) is 4.85. The van der Waals surface area contributed by atoms with Gasteiger partial charge in [-0.1, -0.05) is 0 Å². The van der Waals surface area contributed by atoms with Crippen LogP contribution in [0.3, 0.4) is 0 Å². The van der Waals surface area contributed by atoms with E-state index in [0.29, 0.717) is 23.5 Å². The van der Waals surface area contributed by atoms with Crippen LogP contribution in [0.4, 0.5) is 0 Å². The molecule has 1 amide bonds. The maximum absolute atomic E-state index is 11.6. The monoisotopic (exact) mass is 258 g/mol. The van der Waals surface area contributed by atoms with Crippen LogP contribution in [0, 0.1) is 5.92 Å². The van der Waals surface area contributed by atoms with Crippen molar-refractivity contribution >= 4 is 17.7 Å². The minimum atomic E-state index is -0.331. The van der Waals surface area contributed by atoms with Crippen LogP contribution in [0.15, 0.2) is 0 Å². The molecule has 0 aromatic heterocycles. The molecule has 2 fully saturated rings. The van der Waals surface area contributed by atoms with E-state index in [1.807, 2.05) is 0 Å². The molecule has 0 aromatic rings. The molecule has 2 aliphatic rings. The van der Waals surface area contributed by atoms with E-state index in [0.717, 1.165) is 38.8 Å². The van der Waals surface area contributed by atoms with E-state index in [9.17, 15) is 9.90 Å². The van der Waals surface area contributed by atoms with E-state index in [-0.39, 0.29) is 12.0 Å². The van der Waals surface area contributed by atoms with Gasteiger partial charge in [-0.05, 0) is 44.7 Å². The molecule has 0 spiro atoms. The van der Waals surface area contributed by atoms with E-state index in [1.165, 1.54) is 0 Å². The van der Waals surface area contributed by atoms with E-state index < -0.39 is 0 Å². The highest BCUT2D eigenvalue weighted by Crippen LogP contribution is 2.32. The molecule has 0 bridgehead atoms. The van der Waals surface area contributed by atoms with E-state index in [1.54, 1.807) is 11.8 Å². The number of carbonyl (C=O) groups is 1. The number of hydrogen-bond donors (Lipinski definition) is 3. The lowest BCUT2D eigenvalue weighted by atomic mass is 10.2.